The van der Waals surface area contributed by atoms with Crippen LogP contribution in [-0.4, -0.2) is 40.2 Å². The molecule has 1 aromatic heterocycles. The van der Waals surface area contributed by atoms with Gasteiger partial charge in [-0.3, -0.25) is 4.79 Å². The molecule has 4 heteroatoms. The number of carbonyl (C=O) groups excluding carboxylic acids is 1. The smallest absolute Gasteiger partial charge is 0.270 e. The first-order valence-electron chi connectivity index (χ1n) is 6.05. The van der Waals surface area contributed by atoms with E-state index in [4.69, 9.17) is 0 Å². The SMILES string of the molecule is Cc1ccc(C(=O)N(C)CC2CC(O)C2)n1C. The molecule has 1 aromatic rings. The van der Waals surface area contributed by atoms with Crippen molar-refractivity contribution >= 4 is 5.91 Å². The number of aryl methyl sites for hydroxylation is 1. The second-order valence-electron chi connectivity index (χ2n) is 5.10. The highest BCUT2D eigenvalue weighted by atomic mass is 16.3. The molecule has 0 atom stereocenters. The predicted octanol–water partition coefficient (Wildman–Crippen LogP) is 1.18. The summed E-state index contributed by atoms with van der Waals surface area (Å²) in [4.78, 5) is 13.9. The van der Waals surface area contributed by atoms with Crippen LogP contribution in [-0.2, 0) is 7.05 Å². The molecule has 1 saturated carbocycles. The van der Waals surface area contributed by atoms with Gasteiger partial charge in [0, 0.05) is 26.3 Å². The molecule has 4 nitrogen and oxygen atoms in total. The Morgan fingerprint density at radius 2 is 2.18 bits per heavy atom. The topological polar surface area (TPSA) is 45.5 Å². The maximum atomic E-state index is 12.2. The van der Waals surface area contributed by atoms with Gasteiger partial charge in [-0.2, -0.15) is 0 Å². The molecule has 0 saturated heterocycles. The molecule has 1 amide bonds. The van der Waals surface area contributed by atoms with Gasteiger partial charge >= 0.3 is 0 Å². The standard InChI is InChI=1S/C13H20N2O2/c1-9-4-5-12(15(9)3)13(17)14(2)8-10-6-11(16)7-10/h4-5,10-11,16H,6-8H2,1-3H3. The molecule has 0 unspecified atom stereocenters. The molecule has 1 aliphatic rings. The molecular weight excluding hydrogens is 216 g/mol. The minimum Gasteiger partial charge on any atom is -0.393 e. The average Bonchev–Trinajstić information content (AvgIpc) is 2.56. The largest absolute Gasteiger partial charge is 0.393 e. The summed E-state index contributed by atoms with van der Waals surface area (Å²) in [6.45, 7) is 2.72. The lowest BCUT2D eigenvalue weighted by molar-refractivity contribution is 0.0263. The summed E-state index contributed by atoms with van der Waals surface area (Å²) in [5, 5.41) is 9.23. The molecule has 0 aliphatic heterocycles. The molecule has 1 fully saturated rings. The van der Waals surface area contributed by atoms with E-state index in [1.807, 2.05) is 37.7 Å². The van der Waals surface area contributed by atoms with E-state index < -0.39 is 0 Å². The fraction of sp³-hybridized carbons (Fsp3) is 0.615. The predicted molar refractivity (Wildman–Crippen MR) is 65.8 cm³/mol. The number of amides is 1. The Morgan fingerprint density at radius 1 is 1.53 bits per heavy atom. The number of aliphatic hydroxyl groups excluding tert-OH is 1. The zero-order valence-electron chi connectivity index (χ0n) is 10.7. The summed E-state index contributed by atoms with van der Waals surface area (Å²) >= 11 is 0. The molecule has 0 radical (unpaired) electrons. The molecule has 17 heavy (non-hydrogen) atoms. The number of aliphatic hydroxyl groups is 1. The van der Waals surface area contributed by atoms with Crippen LogP contribution in [0.1, 0.15) is 29.0 Å². The molecule has 94 valence electrons. The lowest BCUT2D eigenvalue weighted by Crippen LogP contribution is -2.40. The van der Waals surface area contributed by atoms with Gasteiger partial charge in [-0.05, 0) is 37.8 Å². The van der Waals surface area contributed by atoms with Gasteiger partial charge in [-0.25, -0.2) is 0 Å². The average molecular weight is 236 g/mol. The van der Waals surface area contributed by atoms with Crippen molar-refractivity contribution in [3.63, 3.8) is 0 Å². The van der Waals surface area contributed by atoms with E-state index in [9.17, 15) is 9.90 Å². The lowest BCUT2D eigenvalue weighted by atomic mass is 9.82. The Hall–Kier alpha value is -1.29. The van der Waals surface area contributed by atoms with Gasteiger partial charge in [-0.15, -0.1) is 0 Å². The highest BCUT2D eigenvalue weighted by Crippen LogP contribution is 2.27. The Balaban J connectivity index is 1.97. The highest BCUT2D eigenvalue weighted by Gasteiger charge is 2.29. The molecule has 0 aromatic carbocycles. The van der Waals surface area contributed by atoms with Crippen molar-refractivity contribution in [2.45, 2.75) is 25.9 Å². The van der Waals surface area contributed by atoms with E-state index in [1.165, 1.54) is 0 Å². The number of hydrogen-bond acceptors (Lipinski definition) is 2. The van der Waals surface area contributed by atoms with Gasteiger partial charge in [0.2, 0.25) is 0 Å². The first kappa shape index (κ1) is 12.2. The number of nitrogens with zero attached hydrogens (tertiary/aromatic N) is 2. The van der Waals surface area contributed by atoms with Crippen molar-refractivity contribution in [3.8, 4) is 0 Å². The van der Waals surface area contributed by atoms with Gasteiger partial charge in [-0.1, -0.05) is 0 Å². The Morgan fingerprint density at radius 3 is 2.65 bits per heavy atom. The number of rotatable bonds is 3. The quantitative estimate of drug-likeness (QED) is 0.856. The van der Waals surface area contributed by atoms with Crippen molar-refractivity contribution in [2.75, 3.05) is 13.6 Å². The van der Waals surface area contributed by atoms with Gasteiger partial charge in [0.05, 0.1) is 6.10 Å². The van der Waals surface area contributed by atoms with Crippen LogP contribution in [0.5, 0.6) is 0 Å². The van der Waals surface area contributed by atoms with Crippen LogP contribution in [0.4, 0.5) is 0 Å². The van der Waals surface area contributed by atoms with Crippen molar-refractivity contribution in [2.24, 2.45) is 13.0 Å². The van der Waals surface area contributed by atoms with Crippen LogP contribution in [0.3, 0.4) is 0 Å². The van der Waals surface area contributed by atoms with E-state index in [0.29, 0.717) is 5.92 Å². The van der Waals surface area contributed by atoms with Gasteiger partial charge < -0.3 is 14.6 Å². The van der Waals surface area contributed by atoms with E-state index in [0.717, 1.165) is 30.8 Å². The molecule has 2 rings (SSSR count). The highest BCUT2D eigenvalue weighted by molar-refractivity contribution is 5.92. The van der Waals surface area contributed by atoms with Gasteiger partial charge in [0.25, 0.3) is 5.91 Å². The van der Waals surface area contributed by atoms with Crippen LogP contribution in [0.25, 0.3) is 0 Å². The maximum absolute atomic E-state index is 12.2. The monoisotopic (exact) mass is 236 g/mol. The van der Waals surface area contributed by atoms with Crippen LogP contribution in [0, 0.1) is 12.8 Å². The van der Waals surface area contributed by atoms with Crippen LogP contribution in [0.2, 0.25) is 0 Å². The molecule has 1 aliphatic carbocycles. The third-order valence-corrected chi connectivity index (χ3v) is 3.68. The number of carbonyl (C=O) groups is 1. The Labute approximate surface area is 102 Å². The zero-order chi connectivity index (χ0) is 12.6. The van der Waals surface area contributed by atoms with Crippen LogP contribution >= 0.6 is 0 Å². The zero-order valence-corrected chi connectivity index (χ0v) is 10.7. The fourth-order valence-corrected chi connectivity index (χ4v) is 2.34. The lowest BCUT2D eigenvalue weighted by Gasteiger charge is -2.34. The normalized spacial score (nSPS) is 23.3. The van der Waals surface area contributed by atoms with Gasteiger partial charge in [0.1, 0.15) is 5.69 Å². The minimum atomic E-state index is -0.152. The molecule has 1 N–H and O–H groups in total. The Bertz CT molecular complexity index is 419. The van der Waals surface area contributed by atoms with E-state index in [2.05, 4.69) is 0 Å². The Kier molecular flexibility index (Phi) is 3.24. The fourth-order valence-electron chi connectivity index (χ4n) is 2.34. The summed E-state index contributed by atoms with van der Waals surface area (Å²) in [5.74, 6) is 0.516. The second-order valence-corrected chi connectivity index (χ2v) is 5.10. The number of hydrogen-bond donors (Lipinski definition) is 1. The summed E-state index contributed by atoms with van der Waals surface area (Å²) in [6.07, 6.45) is 1.49. The van der Waals surface area contributed by atoms with E-state index in [-0.39, 0.29) is 12.0 Å². The summed E-state index contributed by atoms with van der Waals surface area (Å²) < 4.78 is 1.91. The summed E-state index contributed by atoms with van der Waals surface area (Å²) in [5.41, 5.74) is 1.81. The first-order chi connectivity index (χ1) is 7.99. The van der Waals surface area contributed by atoms with Crippen molar-refractivity contribution in [1.82, 2.24) is 9.47 Å². The van der Waals surface area contributed by atoms with E-state index in [1.54, 1.807) is 4.90 Å². The molecular formula is C13H20N2O2. The molecule has 1 heterocycles. The third-order valence-electron chi connectivity index (χ3n) is 3.68. The summed E-state index contributed by atoms with van der Waals surface area (Å²) in [6, 6.07) is 3.82. The number of aromatic nitrogens is 1. The summed E-state index contributed by atoms with van der Waals surface area (Å²) in [7, 11) is 3.73. The first-order valence-corrected chi connectivity index (χ1v) is 6.05. The van der Waals surface area contributed by atoms with Crippen molar-refractivity contribution in [3.05, 3.63) is 23.5 Å². The minimum absolute atomic E-state index is 0.0574. The van der Waals surface area contributed by atoms with Crippen molar-refractivity contribution < 1.29 is 9.90 Å². The third kappa shape index (κ3) is 2.36. The van der Waals surface area contributed by atoms with E-state index >= 15 is 0 Å². The molecule has 0 spiro atoms. The maximum Gasteiger partial charge on any atom is 0.270 e. The van der Waals surface area contributed by atoms with Crippen LogP contribution < -0.4 is 0 Å². The van der Waals surface area contributed by atoms with Gasteiger partial charge in [0.15, 0.2) is 0 Å². The second kappa shape index (κ2) is 4.53. The van der Waals surface area contributed by atoms with Crippen LogP contribution in [0.15, 0.2) is 12.1 Å². The molecule has 0 bridgehead atoms. The van der Waals surface area contributed by atoms with Crippen molar-refractivity contribution in [1.29, 1.82) is 0 Å².